The summed E-state index contributed by atoms with van der Waals surface area (Å²) in [7, 11) is 1.38. The average Bonchev–Trinajstić information content (AvgIpc) is 2.74. The number of esters is 1. The van der Waals surface area contributed by atoms with Crippen LogP contribution in [0, 0.1) is 20.8 Å². The number of carbonyl (C=O) groups is 1. The Morgan fingerprint density at radius 3 is 2.37 bits per heavy atom. The second-order valence-corrected chi connectivity index (χ2v) is 7.68. The summed E-state index contributed by atoms with van der Waals surface area (Å²) in [6, 6.07) is 22.0. The Bertz CT molecular complexity index is 1060. The predicted molar refractivity (Wildman–Crippen MR) is 126 cm³/mol. The topological polar surface area (TPSA) is 50.4 Å². The van der Waals surface area contributed by atoms with Crippen molar-refractivity contribution in [2.24, 2.45) is 0 Å². The summed E-state index contributed by atoms with van der Waals surface area (Å²) in [5.41, 5.74) is 6.77. The van der Waals surface area contributed by atoms with Crippen LogP contribution >= 0.6 is 12.2 Å². The van der Waals surface area contributed by atoms with Crippen LogP contribution in [-0.2, 0) is 4.74 Å². The molecule has 0 radical (unpaired) electrons. The highest BCUT2D eigenvalue weighted by Crippen LogP contribution is 2.26. The molecular formula is C25H26N2O2S. The maximum atomic E-state index is 12.0. The van der Waals surface area contributed by atoms with Gasteiger partial charge in [-0.25, -0.2) is 4.79 Å². The van der Waals surface area contributed by atoms with Crippen molar-refractivity contribution < 1.29 is 9.53 Å². The van der Waals surface area contributed by atoms with E-state index in [4.69, 9.17) is 17.0 Å². The minimum atomic E-state index is -0.368. The standard InChI is InChI=1S/C25H26N2O2S/c1-16-13-14-20(17(2)15-16)23(19-9-6-5-7-10-19)27-25(30)26-22-12-8-11-21(18(22)3)24(28)29-4/h5-15,23H,1-4H3,(H2,26,27,30). The number of hydrogen-bond donors (Lipinski definition) is 2. The molecule has 0 fully saturated rings. The fourth-order valence-corrected chi connectivity index (χ4v) is 3.76. The first-order chi connectivity index (χ1) is 14.4. The summed E-state index contributed by atoms with van der Waals surface area (Å²) in [6.07, 6.45) is 0. The van der Waals surface area contributed by atoms with E-state index < -0.39 is 0 Å². The number of benzene rings is 3. The Hall–Kier alpha value is -3.18. The van der Waals surface area contributed by atoms with Gasteiger partial charge in [0.05, 0.1) is 18.7 Å². The van der Waals surface area contributed by atoms with Crippen LogP contribution in [0.25, 0.3) is 0 Å². The van der Waals surface area contributed by atoms with Gasteiger partial charge < -0.3 is 15.4 Å². The molecule has 0 heterocycles. The predicted octanol–water partition coefficient (Wildman–Crippen LogP) is 5.47. The molecule has 1 unspecified atom stereocenters. The summed E-state index contributed by atoms with van der Waals surface area (Å²) < 4.78 is 4.86. The molecular weight excluding hydrogens is 392 g/mol. The quantitative estimate of drug-likeness (QED) is 0.425. The highest BCUT2D eigenvalue weighted by Gasteiger charge is 2.18. The molecule has 0 saturated heterocycles. The summed E-state index contributed by atoms with van der Waals surface area (Å²) in [4.78, 5) is 12.0. The number of ether oxygens (including phenoxy) is 1. The van der Waals surface area contributed by atoms with E-state index >= 15 is 0 Å². The van der Waals surface area contributed by atoms with E-state index in [0.717, 1.165) is 22.4 Å². The van der Waals surface area contributed by atoms with Crippen LogP contribution in [0.15, 0.2) is 66.7 Å². The lowest BCUT2D eigenvalue weighted by molar-refractivity contribution is 0.0600. The molecule has 0 aliphatic rings. The number of carbonyl (C=O) groups excluding carboxylic acids is 1. The minimum Gasteiger partial charge on any atom is -0.465 e. The number of hydrogen-bond acceptors (Lipinski definition) is 3. The second kappa shape index (κ2) is 9.55. The maximum Gasteiger partial charge on any atom is 0.338 e. The molecule has 0 aromatic heterocycles. The van der Waals surface area contributed by atoms with Crippen molar-refractivity contribution in [1.82, 2.24) is 5.32 Å². The third-order valence-electron chi connectivity index (χ3n) is 5.13. The van der Waals surface area contributed by atoms with Gasteiger partial charge in [-0.05, 0) is 67.4 Å². The fourth-order valence-electron chi connectivity index (χ4n) is 3.53. The molecule has 1 atom stereocenters. The Morgan fingerprint density at radius 1 is 0.967 bits per heavy atom. The molecule has 3 aromatic rings. The van der Waals surface area contributed by atoms with E-state index in [9.17, 15) is 4.79 Å². The zero-order valence-electron chi connectivity index (χ0n) is 17.7. The molecule has 0 saturated carbocycles. The Kier molecular flexibility index (Phi) is 6.85. The number of methoxy groups -OCH3 is 1. The van der Waals surface area contributed by atoms with Crippen LogP contribution < -0.4 is 10.6 Å². The first-order valence-corrected chi connectivity index (χ1v) is 10.2. The first kappa shape index (κ1) is 21.5. The molecule has 0 aliphatic carbocycles. The van der Waals surface area contributed by atoms with E-state index in [2.05, 4.69) is 54.8 Å². The highest BCUT2D eigenvalue weighted by atomic mass is 32.1. The van der Waals surface area contributed by atoms with E-state index in [1.54, 1.807) is 6.07 Å². The third kappa shape index (κ3) is 4.86. The second-order valence-electron chi connectivity index (χ2n) is 7.27. The largest absolute Gasteiger partial charge is 0.465 e. The van der Waals surface area contributed by atoms with E-state index in [0.29, 0.717) is 10.7 Å². The van der Waals surface area contributed by atoms with E-state index in [-0.39, 0.29) is 12.0 Å². The highest BCUT2D eigenvalue weighted by molar-refractivity contribution is 7.80. The molecule has 30 heavy (non-hydrogen) atoms. The van der Waals surface area contributed by atoms with Crippen LogP contribution in [0.2, 0.25) is 0 Å². The van der Waals surface area contributed by atoms with Crippen molar-refractivity contribution >= 4 is 29.0 Å². The minimum absolute atomic E-state index is 0.101. The lowest BCUT2D eigenvalue weighted by atomic mass is 9.94. The number of aryl methyl sites for hydroxylation is 2. The summed E-state index contributed by atoms with van der Waals surface area (Å²) in [6.45, 7) is 6.07. The van der Waals surface area contributed by atoms with Crippen LogP contribution in [-0.4, -0.2) is 18.2 Å². The summed E-state index contributed by atoms with van der Waals surface area (Å²) >= 11 is 5.64. The van der Waals surface area contributed by atoms with E-state index in [1.807, 2.05) is 37.3 Å². The number of anilines is 1. The van der Waals surface area contributed by atoms with Crippen molar-refractivity contribution in [2.45, 2.75) is 26.8 Å². The van der Waals surface area contributed by atoms with Gasteiger partial charge >= 0.3 is 5.97 Å². The van der Waals surface area contributed by atoms with Gasteiger partial charge in [0.25, 0.3) is 0 Å². The van der Waals surface area contributed by atoms with Crippen LogP contribution in [0.1, 0.15) is 44.2 Å². The Morgan fingerprint density at radius 2 is 1.70 bits per heavy atom. The van der Waals surface area contributed by atoms with Crippen molar-refractivity contribution in [2.75, 3.05) is 12.4 Å². The summed E-state index contributed by atoms with van der Waals surface area (Å²) in [5, 5.41) is 7.18. The van der Waals surface area contributed by atoms with Gasteiger partial charge in [-0.15, -0.1) is 0 Å². The van der Waals surface area contributed by atoms with Gasteiger partial charge in [0.2, 0.25) is 0 Å². The van der Waals surface area contributed by atoms with Crippen molar-refractivity contribution in [3.05, 3.63) is 100 Å². The molecule has 2 N–H and O–H groups in total. The van der Waals surface area contributed by atoms with Crippen molar-refractivity contribution in [3.8, 4) is 0 Å². The number of nitrogens with one attached hydrogen (secondary N) is 2. The molecule has 4 nitrogen and oxygen atoms in total. The number of thiocarbonyl (C=S) groups is 1. The molecule has 5 heteroatoms. The zero-order valence-corrected chi connectivity index (χ0v) is 18.5. The lowest BCUT2D eigenvalue weighted by Crippen LogP contribution is -2.33. The van der Waals surface area contributed by atoms with Gasteiger partial charge in [-0.1, -0.05) is 60.2 Å². The van der Waals surface area contributed by atoms with Gasteiger partial charge in [0, 0.05) is 5.69 Å². The smallest absolute Gasteiger partial charge is 0.338 e. The normalized spacial score (nSPS) is 11.5. The molecule has 3 rings (SSSR count). The van der Waals surface area contributed by atoms with Crippen molar-refractivity contribution in [1.29, 1.82) is 0 Å². The molecule has 0 spiro atoms. The van der Waals surface area contributed by atoms with Gasteiger partial charge in [-0.2, -0.15) is 0 Å². The number of rotatable bonds is 5. The van der Waals surface area contributed by atoms with Crippen LogP contribution in [0.3, 0.4) is 0 Å². The zero-order chi connectivity index (χ0) is 21.7. The van der Waals surface area contributed by atoms with E-state index in [1.165, 1.54) is 18.2 Å². The van der Waals surface area contributed by atoms with Crippen LogP contribution in [0.4, 0.5) is 5.69 Å². The van der Waals surface area contributed by atoms with Gasteiger partial charge in [0.15, 0.2) is 5.11 Å². The lowest BCUT2D eigenvalue weighted by Gasteiger charge is -2.24. The van der Waals surface area contributed by atoms with Crippen molar-refractivity contribution in [3.63, 3.8) is 0 Å². The molecule has 0 amide bonds. The average molecular weight is 419 g/mol. The first-order valence-electron chi connectivity index (χ1n) is 9.78. The Labute approximate surface area is 183 Å². The van der Waals surface area contributed by atoms with Gasteiger partial charge in [-0.3, -0.25) is 0 Å². The molecule has 0 aliphatic heterocycles. The van der Waals surface area contributed by atoms with Crippen LogP contribution in [0.5, 0.6) is 0 Å². The fraction of sp³-hybridized carbons (Fsp3) is 0.200. The SMILES string of the molecule is COC(=O)c1cccc(NC(=S)NC(c2ccccc2)c2ccc(C)cc2C)c1C. The maximum absolute atomic E-state index is 12.0. The molecule has 3 aromatic carbocycles. The van der Waals surface area contributed by atoms with Gasteiger partial charge in [0.1, 0.15) is 0 Å². The Balaban J connectivity index is 1.89. The third-order valence-corrected chi connectivity index (χ3v) is 5.35. The molecule has 154 valence electrons. The monoisotopic (exact) mass is 418 g/mol. The summed E-state index contributed by atoms with van der Waals surface area (Å²) in [5.74, 6) is -0.368. The molecule has 0 bridgehead atoms.